The van der Waals surface area contributed by atoms with Crippen LogP contribution in [0.1, 0.15) is 17.1 Å². The molecule has 1 unspecified atom stereocenters. The van der Waals surface area contributed by atoms with E-state index in [4.69, 9.17) is 4.42 Å². The molecule has 86 valence electrons. The minimum Gasteiger partial charge on any atom is -0.462 e. The van der Waals surface area contributed by atoms with E-state index in [-0.39, 0.29) is 0 Å². The van der Waals surface area contributed by atoms with Crippen LogP contribution < -0.4 is 5.32 Å². The van der Waals surface area contributed by atoms with Crippen LogP contribution >= 0.6 is 0 Å². The zero-order chi connectivity index (χ0) is 11.8. The van der Waals surface area contributed by atoms with Gasteiger partial charge in [0.05, 0.1) is 0 Å². The van der Waals surface area contributed by atoms with Crippen molar-refractivity contribution in [1.82, 2.24) is 0 Å². The highest BCUT2D eigenvalue weighted by molar-refractivity contribution is 5.93. The summed E-state index contributed by atoms with van der Waals surface area (Å²) in [6.45, 7) is 1.90. The number of furan rings is 1. The Balaban J connectivity index is 2.06. The van der Waals surface area contributed by atoms with Gasteiger partial charge in [0.25, 0.3) is 0 Å². The molecule has 2 aromatic rings. The van der Waals surface area contributed by atoms with Gasteiger partial charge in [0.15, 0.2) is 6.23 Å². The maximum atomic E-state index is 9.96. The summed E-state index contributed by atoms with van der Waals surface area (Å²) < 4.78 is 5.49. The molecule has 2 heterocycles. The van der Waals surface area contributed by atoms with Gasteiger partial charge in [0.1, 0.15) is 11.5 Å². The highest BCUT2D eigenvalue weighted by Crippen LogP contribution is 2.35. The molecule has 0 spiro atoms. The molecule has 1 aliphatic rings. The van der Waals surface area contributed by atoms with Crippen LogP contribution in [0, 0.1) is 6.92 Å². The van der Waals surface area contributed by atoms with Crippen LogP contribution in [0.25, 0.3) is 11.6 Å². The van der Waals surface area contributed by atoms with E-state index in [1.165, 1.54) is 0 Å². The predicted octanol–water partition coefficient (Wildman–Crippen LogP) is 2.87. The van der Waals surface area contributed by atoms with Gasteiger partial charge < -0.3 is 14.8 Å². The van der Waals surface area contributed by atoms with Crippen LogP contribution in [0.15, 0.2) is 40.8 Å². The molecular formula is C14H13NO2. The normalized spacial score (nSPS) is 20.4. The summed E-state index contributed by atoms with van der Waals surface area (Å²) >= 11 is 0. The molecule has 1 aromatic heterocycles. The number of para-hydroxylation sites is 1. The first-order valence-corrected chi connectivity index (χ1v) is 5.56. The molecule has 17 heavy (non-hydrogen) atoms. The van der Waals surface area contributed by atoms with Crippen LogP contribution in [-0.4, -0.2) is 11.3 Å². The molecular weight excluding hydrogens is 214 g/mol. The van der Waals surface area contributed by atoms with Crippen molar-refractivity contribution in [3.05, 3.63) is 53.5 Å². The number of aryl methyl sites for hydroxylation is 1. The zero-order valence-electron chi connectivity index (χ0n) is 9.47. The minimum absolute atomic E-state index is 0.669. The van der Waals surface area contributed by atoms with Gasteiger partial charge >= 0.3 is 0 Å². The summed E-state index contributed by atoms with van der Waals surface area (Å²) in [6, 6.07) is 11.6. The van der Waals surface area contributed by atoms with Crippen molar-refractivity contribution in [2.24, 2.45) is 0 Å². The van der Waals surface area contributed by atoms with Crippen LogP contribution in [-0.2, 0) is 0 Å². The van der Waals surface area contributed by atoms with Gasteiger partial charge in [0, 0.05) is 16.8 Å². The molecule has 0 saturated heterocycles. The lowest BCUT2D eigenvalue weighted by Crippen LogP contribution is -2.12. The Kier molecular flexibility index (Phi) is 2.27. The summed E-state index contributed by atoms with van der Waals surface area (Å²) in [4.78, 5) is 0. The van der Waals surface area contributed by atoms with Crippen molar-refractivity contribution in [2.75, 3.05) is 5.32 Å². The lowest BCUT2D eigenvalue weighted by molar-refractivity contribution is 0.266. The largest absolute Gasteiger partial charge is 0.462 e. The third-order valence-electron chi connectivity index (χ3n) is 2.88. The second-order valence-corrected chi connectivity index (χ2v) is 4.14. The van der Waals surface area contributed by atoms with Crippen LogP contribution in [0.2, 0.25) is 0 Å². The van der Waals surface area contributed by atoms with Gasteiger partial charge in [-0.25, -0.2) is 0 Å². The van der Waals surface area contributed by atoms with Crippen molar-refractivity contribution < 1.29 is 9.52 Å². The second-order valence-electron chi connectivity index (χ2n) is 4.14. The van der Waals surface area contributed by atoms with Crippen LogP contribution in [0.5, 0.6) is 0 Å². The molecule has 0 fully saturated rings. The van der Waals surface area contributed by atoms with Crippen molar-refractivity contribution in [3.63, 3.8) is 0 Å². The molecule has 1 aromatic carbocycles. The summed E-state index contributed by atoms with van der Waals surface area (Å²) in [5.41, 5.74) is 2.82. The van der Waals surface area contributed by atoms with Crippen LogP contribution in [0.3, 0.4) is 0 Å². The molecule has 0 amide bonds. The van der Waals surface area contributed by atoms with E-state index in [2.05, 4.69) is 5.32 Å². The van der Waals surface area contributed by atoms with Crippen molar-refractivity contribution in [2.45, 2.75) is 13.2 Å². The molecule has 3 heteroatoms. The molecule has 0 bridgehead atoms. The number of aliphatic hydroxyl groups is 1. The average Bonchev–Trinajstić information content (AvgIpc) is 2.85. The minimum atomic E-state index is -0.669. The third-order valence-corrected chi connectivity index (χ3v) is 2.88. The van der Waals surface area contributed by atoms with Crippen molar-refractivity contribution >= 4 is 17.3 Å². The Hall–Kier alpha value is -2.00. The molecule has 0 aliphatic carbocycles. The average molecular weight is 227 g/mol. The molecule has 1 atom stereocenters. The first kappa shape index (κ1) is 10.2. The van der Waals surface area contributed by atoms with Gasteiger partial charge in [-0.2, -0.15) is 0 Å². The molecule has 1 aliphatic heterocycles. The molecule has 0 radical (unpaired) electrons. The number of hydrogen-bond donors (Lipinski definition) is 2. The van der Waals surface area contributed by atoms with Crippen molar-refractivity contribution in [3.8, 4) is 0 Å². The lowest BCUT2D eigenvalue weighted by atomic mass is 10.1. The van der Waals surface area contributed by atoms with E-state index in [0.717, 1.165) is 28.3 Å². The van der Waals surface area contributed by atoms with E-state index in [9.17, 15) is 5.11 Å². The fraction of sp³-hybridized carbons (Fsp3) is 0.143. The molecule has 3 nitrogen and oxygen atoms in total. The van der Waals surface area contributed by atoms with Gasteiger partial charge in [-0.05, 0) is 31.2 Å². The predicted molar refractivity (Wildman–Crippen MR) is 67.4 cm³/mol. The summed E-state index contributed by atoms with van der Waals surface area (Å²) in [5.74, 6) is 1.63. The standard InChI is InChI=1S/C14H13NO2/c1-9-6-7-10(17-9)8-12-11-4-2-3-5-13(11)15-14(12)16/h2-8,14-16H,1H3/b12-8-. The van der Waals surface area contributed by atoms with Gasteiger partial charge in [0.2, 0.25) is 0 Å². The number of benzene rings is 1. The van der Waals surface area contributed by atoms with E-state index < -0.39 is 6.23 Å². The Labute approximate surface area is 99.4 Å². The van der Waals surface area contributed by atoms with Gasteiger partial charge in [-0.3, -0.25) is 0 Å². The zero-order valence-corrected chi connectivity index (χ0v) is 9.47. The smallest absolute Gasteiger partial charge is 0.151 e. The van der Waals surface area contributed by atoms with E-state index >= 15 is 0 Å². The SMILES string of the molecule is Cc1ccc(/C=C2/c3ccccc3NC2O)o1. The fourth-order valence-corrected chi connectivity index (χ4v) is 2.07. The fourth-order valence-electron chi connectivity index (χ4n) is 2.07. The summed E-state index contributed by atoms with van der Waals surface area (Å²) in [7, 11) is 0. The number of fused-ring (bicyclic) bond motifs is 1. The first-order chi connectivity index (χ1) is 8.24. The van der Waals surface area contributed by atoms with Crippen molar-refractivity contribution in [1.29, 1.82) is 0 Å². The number of aliphatic hydroxyl groups excluding tert-OH is 1. The number of hydrogen-bond acceptors (Lipinski definition) is 3. The van der Waals surface area contributed by atoms with Gasteiger partial charge in [-0.1, -0.05) is 18.2 Å². The number of nitrogens with one attached hydrogen (secondary N) is 1. The molecule has 3 rings (SSSR count). The number of rotatable bonds is 1. The maximum Gasteiger partial charge on any atom is 0.151 e. The highest BCUT2D eigenvalue weighted by Gasteiger charge is 2.23. The Morgan fingerprint density at radius 2 is 2.06 bits per heavy atom. The van der Waals surface area contributed by atoms with E-state index in [0.29, 0.717) is 0 Å². The quantitative estimate of drug-likeness (QED) is 0.787. The summed E-state index contributed by atoms with van der Waals surface area (Å²) in [5, 5.41) is 13.0. The first-order valence-electron chi connectivity index (χ1n) is 5.56. The summed E-state index contributed by atoms with van der Waals surface area (Å²) in [6.07, 6.45) is 1.20. The Bertz CT molecular complexity index is 583. The highest BCUT2D eigenvalue weighted by atomic mass is 16.3. The number of anilines is 1. The Morgan fingerprint density at radius 3 is 2.82 bits per heavy atom. The lowest BCUT2D eigenvalue weighted by Gasteiger charge is -2.04. The maximum absolute atomic E-state index is 9.96. The topological polar surface area (TPSA) is 45.4 Å². The Morgan fingerprint density at radius 1 is 1.24 bits per heavy atom. The molecule has 0 saturated carbocycles. The third kappa shape index (κ3) is 1.74. The van der Waals surface area contributed by atoms with E-state index in [1.807, 2.05) is 49.4 Å². The second kappa shape index (κ2) is 3.79. The van der Waals surface area contributed by atoms with Crippen LogP contribution in [0.4, 0.5) is 5.69 Å². The van der Waals surface area contributed by atoms with E-state index in [1.54, 1.807) is 0 Å². The molecule has 2 N–H and O–H groups in total. The van der Waals surface area contributed by atoms with Gasteiger partial charge in [-0.15, -0.1) is 0 Å². The monoisotopic (exact) mass is 227 g/mol.